The van der Waals surface area contributed by atoms with Crippen LogP contribution in [-0.2, 0) is 4.79 Å². The topological polar surface area (TPSA) is 87.0 Å². The second kappa shape index (κ2) is 9.35. The Balaban J connectivity index is 1.56. The number of nitrogens with zero attached hydrogens (tertiary/aromatic N) is 3. The monoisotopic (exact) mass is 524 g/mol. The van der Waals surface area contributed by atoms with Gasteiger partial charge in [0.25, 0.3) is 5.91 Å². The van der Waals surface area contributed by atoms with Crippen LogP contribution in [0.25, 0.3) is 38.4 Å². The third kappa shape index (κ3) is 3.88. The lowest BCUT2D eigenvalue weighted by Gasteiger charge is -2.13. The number of benzene rings is 3. The summed E-state index contributed by atoms with van der Waals surface area (Å²) in [6.07, 6.45) is 1.87. The number of aromatic nitrogens is 3. The van der Waals surface area contributed by atoms with Crippen LogP contribution in [0.1, 0.15) is 16.8 Å². The van der Waals surface area contributed by atoms with E-state index in [1.807, 2.05) is 73.7 Å². The van der Waals surface area contributed by atoms with Crippen LogP contribution in [0.5, 0.6) is 17.2 Å². The number of methoxy groups -OCH3 is 3. The Morgan fingerprint density at radius 1 is 0.921 bits per heavy atom. The Bertz CT molecular complexity index is 1710. The Kier molecular flexibility index (Phi) is 5.84. The van der Waals surface area contributed by atoms with E-state index in [4.69, 9.17) is 24.3 Å². The number of nitrogens with one attached hydrogen (secondary N) is 1. The maximum absolute atomic E-state index is 12.9. The van der Waals surface area contributed by atoms with Crippen molar-refractivity contribution in [3.8, 4) is 39.1 Å². The lowest BCUT2D eigenvalue weighted by molar-refractivity contribution is -0.110. The molecule has 0 unspecified atom stereocenters. The molecule has 0 aliphatic carbocycles. The van der Waals surface area contributed by atoms with Gasteiger partial charge in [-0.05, 0) is 31.2 Å². The molecule has 0 spiro atoms. The molecule has 5 aromatic rings. The number of para-hydroxylation sites is 1. The number of rotatable bonds is 6. The predicted molar refractivity (Wildman–Crippen MR) is 149 cm³/mol. The second-order valence-corrected chi connectivity index (χ2v) is 9.74. The molecule has 1 amide bonds. The van der Waals surface area contributed by atoms with Gasteiger partial charge in [-0.15, -0.1) is 0 Å². The highest BCUT2D eigenvalue weighted by Gasteiger charge is 2.26. The molecule has 0 bridgehead atoms. The molecule has 0 fully saturated rings. The first kappa shape index (κ1) is 23.7. The normalized spacial score (nSPS) is 13.6. The van der Waals surface area contributed by atoms with Crippen LogP contribution < -0.4 is 19.5 Å². The molecular formula is C29H24N4O4S. The standard InChI is InChI=1S/C29H24N4O4S/c1-16-9-11-17(12-10-16)25-22(15-20-19-7-5-6-8-21(19)30-27(20)34)33-29(31-25)38-28(32-33)18-13-23(35-2)26(37-4)24(14-18)36-3/h5-15H,1-4H3,(H,30,34)/b20-15+. The van der Waals surface area contributed by atoms with Gasteiger partial charge < -0.3 is 19.5 Å². The number of carbonyl (C=O) groups is 1. The Morgan fingerprint density at radius 2 is 1.63 bits per heavy atom. The maximum atomic E-state index is 12.9. The van der Waals surface area contributed by atoms with Crippen molar-refractivity contribution in [2.45, 2.75) is 6.92 Å². The first-order valence-corrected chi connectivity index (χ1v) is 12.7. The minimum atomic E-state index is -0.156. The molecule has 6 rings (SSSR count). The van der Waals surface area contributed by atoms with E-state index >= 15 is 0 Å². The smallest absolute Gasteiger partial charge is 0.256 e. The summed E-state index contributed by atoms with van der Waals surface area (Å²) < 4.78 is 18.3. The number of anilines is 1. The molecule has 8 nitrogen and oxygen atoms in total. The number of amides is 1. The highest BCUT2D eigenvalue weighted by molar-refractivity contribution is 7.19. The van der Waals surface area contributed by atoms with Gasteiger partial charge in [0.2, 0.25) is 10.7 Å². The van der Waals surface area contributed by atoms with Gasteiger partial charge in [0, 0.05) is 22.4 Å². The van der Waals surface area contributed by atoms with Crippen LogP contribution in [0.15, 0.2) is 60.7 Å². The van der Waals surface area contributed by atoms with Gasteiger partial charge in [0.05, 0.1) is 38.3 Å². The van der Waals surface area contributed by atoms with Crippen LogP contribution >= 0.6 is 11.3 Å². The number of imidazole rings is 1. The molecule has 3 heterocycles. The summed E-state index contributed by atoms with van der Waals surface area (Å²) >= 11 is 1.44. The van der Waals surface area contributed by atoms with Gasteiger partial charge in [-0.2, -0.15) is 5.10 Å². The minimum absolute atomic E-state index is 0.156. The number of fused-ring (bicyclic) bond motifs is 2. The average molecular weight is 525 g/mol. The van der Waals surface area contributed by atoms with Crippen molar-refractivity contribution in [2.24, 2.45) is 0 Å². The number of hydrogen-bond acceptors (Lipinski definition) is 7. The number of hydrogen-bond donors (Lipinski definition) is 1. The van der Waals surface area contributed by atoms with Gasteiger partial charge in [-0.1, -0.05) is 59.4 Å². The Labute approximate surface area is 223 Å². The lowest BCUT2D eigenvalue weighted by Crippen LogP contribution is -2.04. The van der Waals surface area contributed by atoms with Gasteiger partial charge in [-0.25, -0.2) is 9.50 Å². The average Bonchev–Trinajstić information content (AvgIpc) is 3.60. The van der Waals surface area contributed by atoms with Crippen LogP contribution in [0.4, 0.5) is 5.69 Å². The van der Waals surface area contributed by atoms with E-state index in [0.29, 0.717) is 27.8 Å². The molecule has 3 aromatic carbocycles. The fourth-order valence-corrected chi connectivity index (χ4v) is 5.45. The zero-order chi connectivity index (χ0) is 26.4. The number of ether oxygens (including phenoxy) is 3. The van der Waals surface area contributed by atoms with E-state index in [1.54, 1.807) is 25.8 Å². The molecule has 0 saturated heterocycles. The van der Waals surface area contributed by atoms with E-state index in [0.717, 1.165) is 44.3 Å². The van der Waals surface area contributed by atoms with Crippen LogP contribution in [-0.4, -0.2) is 41.8 Å². The van der Waals surface area contributed by atoms with E-state index in [9.17, 15) is 4.79 Å². The lowest BCUT2D eigenvalue weighted by atomic mass is 10.0. The predicted octanol–water partition coefficient (Wildman–Crippen LogP) is 5.95. The SMILES string of the molecule is COc1cc(-c2nn3c(/C=C4/C(=O)Nc5ccccc54)c(-c4ccc(C)cc4)nc3s2)cc(OC)c1OC. The first-order valence-electron chi connectivity index (χ1n) is 11.9. The van der Waals surface area contributed by atoms with Crippen molar-refractivity contribution < 1.29 is 19.0 Å². The van der Waals surface area contributed by atoms with E-state index in [2.05, 4.69) is 5.32 Å². The second-order valence-electron chi connectivity index (χ2n) is 8.79. The van der Waals surface area contributed by atoms with E-state index in [1.165, 1.54) is 11.3 Å². The molecule has 1 N–H and O–H groups in total. The molecule has 9 heteroatoms. The zero-order valence-electron chi connectivity index (χ0n) is 21.2. The highest BCUT2D eigenvalue weighted by Crippen LogP contribution is 2.43. The fraction of sp³-hybridized carbons (Fsp3) is 0.138. The van der Waals surface area contributed by atoms with Crippen molar-refractivity contribution in [1.29, 1.82) is 0 Å². The summed E-state index contributed by atoms with van der Waals surface area (Å²) in [5.41, 5.74) is 6.58. The molecule has 1 aliphatic heterocycles. The summed E-state index contributed by atoms with van der Waals surface area (Å²) in [6, 6.07) is 19.5. The summed E-state index contributed by atoms with van der Waals surface area (Å²) in [5.74, 6) is 1.43. The fourth-order valence-electron chi connectivity index (χ4n) is 4.56. The summed E-state index contributed by atoms with van der Waals surface area (Å²) in [7, 11) is 4.73. The van der Waals surface area contributed by atoms with Crippen molar-refractivity contribution in [1.82, 2.24) is 14.6 Å². The third-order valence-electron chi connectivity index (χ3n) is 6.47. The van der Waals surface area contributed by atoms with Crippen molar-refractivity contribution in [2.75, 3.05) is 26.6 Å². The zero-order valence-corrected chi connectivity index (χ0v) is 22.1. The van der Waals surface area contributed by atoms with Crippen molar-refractivity contribution in [3.05, 3.63) is 77.5 Å². The van der Waals surface area contributed by atoms with Gasteiger partial charge in [0.15, 0.2) is 11.5 Å². The van der Waals surface area contributed by atoms with Gasteiger partial charge >= 0.3 is 0 Å². The molecule has 190 valence electrons. The largest absolute Gasteiger partial charge is 0.493 e. The summed E-state index contributed by atoms with van der Waals surface area (Å²) in [6.45, 7) is 2.05. The minimum Gasteiger partial charge on any atom is -0.493 e. The van der Waals surface area contributed by atoms with Crippen LogP contribution in [0, 0.1) is 6.92 Å². The molecular weight excluding hydrogens is 500 g/mol. The van der Waals surface area contributed by atoms with Crippen molar-refractivity contribution >= 4 is 39.5 Å². The van der Waals surface area contributed by atoms with Crippen LogP contribution in [0.3, 0.4) is 0 Å². The quantitative estimate of drug-likeness (QED) is 0.276. The highest BCUT2D eigenvalue weighted by atomic mass is 32.1. The molecule has 0 saturated carbocycles. The van der Waals surface area contributed by atoms with Gasteiger partial charge in [-0.3, -0.25) is 4.79 Å². The van der Waals surface area contributed by atoms with E-state index < -0.39 is 0 Å². The number of carbonyl (C=O) groups excluding carboxylic acids is 1. The number of aryl methyl sites for hydroxylation is 1. The van der Waals surface area contributed by atoms with Gasteiger partial charge in [0.1, 0.15) is 5.01 Å². The molecule has 0 radical (unpaired) electrons. The van der Waals surface area contributed by atoms with Crippen LogP contribution in [0.2, 0.25) is 0 Å². The van der Waals surface area contributed by atoms with E-state index in [-0.39, 0.29) is 5.91 Å². The molecule has 38 heavy (non-hydrogen) atoms. The maximum Gasteiger partial charge on any atom is 0.256 e. The molecule has 2 aromatic heterocycles. The Morgan fingerprint density at radius 3 is 2.32 bits per heavy atom. The Hall–Kier alpha value is -4.63. The van der Waals surface area contributed by atoms with Crippen molar-refractivity contribution in [3.63, 3.8) is 0 Å². The summed E-state index contributed by atoms with van der Waals surface area (Å²) in [5, 5.41) is 8.59. The third-order valence-corrected chi connectivity index (χ3v) is 7.42. The first-order chi connectivity index (χ1) is 18.5. The summed E-state index contributed by atoms with van der Waals surface area (Å²) in [4.78, 5) is 18.6. The molecule has 1 aliphatic rings. The molecule has 0 atom stereocenters.